The van der Waals surface area contributed by atoms with Crippen molar-refractivity contribution in [1.82, 2.24) is 19.7 Å². The maximum atomic E-state index is 12.3. The fraction of sp³-hybridized carbons (Fsp3) is 0.273. The highest BCUT2D eigenvalue weighted by molar-refractivity contribution is 8.11. The molecule has 1 fully saturated rings. The zero-order valence-electron chi connectivity index (χ0n) is 16.3. The third-order valence-electron chi connectivity index (χ3n) is 5.06. The predicted molar refractivity (Wildman–Crippen MR) is 118 cm³/mol. The molecule has 0 saturated carbocycles. The number of nitrogens with zero attached hydrogens (tertiary/aromatic N) is 4. The monoisotopic (exact) mass is 405 g/mol. The number of benzene rings is 1. The maximum absolute atomic E-state index is 12.3. The van der Waals surface area contributed by atoms with Crippen molar-refractivity contribution in [2.75, 3.05) is 13.1 Å². The third kappa shape index (κ3) is 4.99. The summed E-state index contributed by atoms with van der Waals surface area (Å²) in [5.74, 6) is 0.468. The summed E-state index contributed by atoms with van der Waals surface area (Å²) in [6, 6.07) is 17.9. The van der Waals surface area contributed by atoms with E-state index in [0.29, 0.717) is 11.6 Å². The van der Waals surface area contributed by atoms with Crippen LogP contribution in [-0.4, -0.2) is 38.3 Å². The lowest BCUT2D eigenvalue weighted by Gasteiger charge is -2.29. The summed E-state index contributed by atoms with van der Waals surface area (Å²) < 4.78 is 2.09. The summed E-state index contributed by atoms with van der Waals surface area (Å²) >= 11 is 1.19. The topological polar surface area (TPSA) is 70.5 Å². The summed E-state index contributed by atoms with van der Waals surface area (Å²) in [4.78, 5) is 21.3. The van der Waals surface area contributed by atoms with Crippen LogP contribution in [0.25, 0.3) is 10.9 Å². The van der Waals surface area contributed by atoms with Crippen LogP contribution in [0.1, 0.15) is 37.1 Å². The Bertz CT molecular complexity index is 1020. The first-order valence-electron chi connectivity index (χ1n) is 9.73. The minimum Gasteiger partial charge on any atom is -0.261 e. The fourth-order valence-electron chi connectivity index (χ4n) is 3.45. The summed E-state index contributed by atoms with van der Waals surface area (Å²) in [6.45, 7) is 3.56. The van der Waals surface area contributed by atoms with Crippen molar-refractivity contribution in [1.29, 1.82) is 0 Å². The molecule has 0 aliphatic carbocycles. The van der Waals surface area contributed by atoms with Crippen LogP contribution in [0.2, 0.25) is 0 Å². The van der Waals surface area contributed by atoms with Gasteiger partial charge in [-0.05, 0) is 44.0 Å². The van der Waals surface area contributed by atoms with Crippen LogP contribution in [0.4, 0.5) is 4.79 Å². The number of aromatic nitrogens is 2. The summed E-state index contributed by atoms with van der Waals surface area (Å²) in [7, 11) is 0. The number of amides is 1. The van der Waals surface area contributed by atoms with Crippen LogP contribution in [-0.2, 0) is 0 Å². The number of carbonyl (C=O) groups is 1. The molecule has 6 nitrogen and oxygen atoms in total. The van der Waals surface area contributed by atoms with Crippen molar-refractivity contribution in [3.63, 3.8) is 0 Å². The van der Waals surface area contributed by atoms with Crippen LogP contribution >= 0.6 is 11.9 Å². The molecule has 1 aromatic carbocycles. The number of rotatable bonds is 4. The molecular weight excluding hydrogens is 382 g/mol. The van der Waals surface area contributed by atoms with Gasteiger partial charge in [0, 0.05) is 48.2 Å². The Balaban J connectivity index is 1.29. The van der Waals surface area contributed by atoms with Gasteiger partial charge < -0.3 is 0 Å². The van der Waals surface area contributed by atoms with Gasteiger partial charge in [0.1, 0.15) is 0 Å². The number of pyridine rings is 2. The molecule has 0 atom stereocenters. The average Bonchev–Trinajstić information content (AvgIpc) is 2.78. The van der Waals surface area contributed by atoms with E-state index in [2.05, 4.69) is 30.9 Å². The lowest BCUT2D eigenvalue weighted by molar-refractivity contribution is 0.259. The molecule has 1 aliphatic rings. The maximum Gasteiger partial charge on any atom is 0.314 e. The molecule has 7 heteroatoms. The van der Waals surface area contributed by atoms with Crippen molar-refractivity contribution < 1.29 is 4.79 Å². The Kier molecular flexibility index (Phi) is 6.17. The van der Waals surface area contributed by atoms with E-state index < -0.39 is 0 Å². The van der Waals surface area contributed by atoms with Gasteiger partial charge in [0.25, 0.3) is 0 Å². The molecule has 2 aromatic heterocycles. The predicted octanol–water partition coefficient (Wildman–Crippen LogP) is 4.59. The smallest absolute Gasteiger partial charge is 0.261 e. The SMILES string of the molecule is C/C(=N/NC(=O)SN1CCC(c2ccccn2)CC1)c1ccc2ccccc2n1. The van der Waals surface area contributed by atoms with Gasteiger partial charge in [0.2, 0.25) is 0 Å². The van der Waals surface area contributed by atoms with Gasteiger partial charge in [-0.15, -0.1) is 0 Å². The van der Waals surface area contributed by atoms with Crippen LogP contribution in [0.5, 0.6) is 0 Å². The average molecular weight is 406 g/mol. The molecule has 0 bridgehead atoms. The van der Waals surface area contributed by atoms with Crippen molar-refractivity contribution in [2.45, 2.75) is 25.7 Å². The number of hydrogen-bond donors (Lipinski definition) is 1. The van der Waals surface area contributed by atoms with Gasteiger partial charge >= 0.3 is 5.24 Å². The molecule has 0 spiro atoms. The second-order valence-electron chi connectivity index (χ2n) is 7.03. The molecular formula is C22H23N5OS. The molecule has 148 valence electrons. The minimum absolute atomic E-state index is 0.179. The molecule has 1 amide bonds. The van der Waals surface area contributed by atoms with E-state index in [9.17, 15) is 4.79 Å². The quantitative estimate of drug-likeness (QED) is 0.390. The van der Waals surface area contributed by atoms with Gasteiger partial charge in [-0.2, -0.15) is 5.10 Å². The van der Waals surface area contributed by atoms with Crippen molar-refractivity contribution in [3.05, 3.63) is 72.2 Å². The largest absolute Gasteiger partial charge is 0.314 e. The summed E-state index contributed by atoms with van der Waals surface area (Å²) in [5, 5.41) is 5.13. The molecule has 4 rings (SSSR count). The highest BCUT2D eigenvalue weighted by Gasteiger charge is 2.23. The van der Waals surface area contributed by atoms with Crippen LogP contribution in [0.15, 0.2) is 65.9 Å². The standard InChI is InChI=1S/C22H23N5OS/c1-16(19-10-9-17-6-2-3-8-21(17)24-19)25-26-22(28)29-27-14-11-18(12-15-27)20-7-4-5-13-23-20/h2-10,13,18H,11-12,14-15H2,1H3,(H,26,28)/b25-16-. The number of nitrogens with one attached hydrogen (secondary N) is 1. The van der Waals surface area contributed by atoms with E-state index in [1.54, 1.807) is 0 Å². The van der Waals surface area contributed by atoms with E-state index in [1.807, 2.05) is 61.7 Å². The van der Waals surface area contributed by atoms with Gasteiger partial charge in [0.15, 0.2) is 0 Å². The molecule has 3 heterocycles. The Morgan fingerprint density at radius 2 is 1.90 bits per heavy atom. The molecule has 1 N–H and O–H groups in total. The zero-order valence-corrected chi connectivity index (χ0v) is 17.1. The van der Waals surface area contributed by atoms with Crippen LogP contribution < -0.4 is 5.43 Å². The van der Waals surface area contributed by atoms with E-state index >= 15 is 0 Å². The normalized spacial score (nSPS) is 16.1. The lowest BCUT2D eigenvalue weighted by atomic mass is 9.94. The number of piperidine rings is 1. The molecule has 0 radical (unpaired) electrons. The van der Waals surface area contributed by atoms with E-state index in [-0.39, 0.29) is 5.24 Å². The first-order chi connectivity index (χ1) is 14.2. The van der Waals surface area contributed by atoms with Gasteiger partial charge in [-0.25, -0.2) is 14.7 Å². The molecule has 1 aliphatic heterocycles. The van der Waals surface area contributed by atoms with Crippen LogP contribution in [0.3, 0.4) is 0 Å². The number of hydrazone groups is 1. The first kappa shape index (κ1) is 19.5. The fourth-order valence-corrected chi connectivity index (χ4v) is 4.17. The number of carbonyl (C=O) groups excluding carboxylic acids is 1. The Morgan fingerprint density at radius 3 is 2.69 bits per heavy atom. The number of hydrogen-bond acceptors (Lipinski definition) is 6. The molecule has 29 heavy (non-hydrogen) atoms. The number of fused-ring (bicyclic) bond motifs is 1. The summed E-state index contributed by atoms with van der Waals surface area (Å²) in [6.07, 6.45) is 3.84. The van der Waals surface area contributed by atoms with Gasteiger partial charge in [-0.3, -0.25) is 9.78 Å². The Labute approximate surface area is 174 Å². The van der Waals surface area contributed by atoms with Crippen LogP contribution in [0, 0.1) is 0 Å². The lowest BCUT2D eigenvalue weighted by Crippen LogP contribution is -2.31. The van der Waals surface area contributed by atoms with Crippen molar-refractivity contribution in [2.24, 2.45) is 5.10 Å². The second kappa shape index (κ2) is 9.15. The van der Waals surface area contributed by atoms with E-state index in [0.717, 1.165) is 48.2 Å². The third-order valence-corrected chi connectivity index (χ3v) is 5.94. The molecule has 0 unspecified atom stereocenters. The Hall–Kier alpha value is -2.77. The second-order valence-corrected chi connectivity index (χ2v) is 8.10. The molecule has 3 aromatic rings. The number of para-hydroxylation sites is 1. The highest BCUT2D eigenvalue weighted by atomic mass is 32.2. The van der Waals surface area contributed by atoms with Crippen molar-refractivity contribution in [3.8, 4) is 0 Å². The summed E-state index contributed by atoms with van der Waals surface area (Å²) in [5.41, 5.74) is 6.13. The van der Waals surface area contributed by atoms with E-state index in [1.165, 1.54) is 11.9 Å². The van der Waals surface area contributed by atoms with Gasteiger partial charge in [0.05, 0.1) is 16.9 Å². The first-order valence-corrected chi connectivity index (χ1v) is 10.5. The van der Waals surface area contributed by atoms with Crippen molar-refractivity contribution >= 4 is 33.8 Å². The van der Waals surface area contributed by atoms with E-state index in [4.69, 9.17) is 0 Å². The zero-order chi connectivity index (χ0) is 20.1. The highest BCUT2D eigenvalue weighted by Crippen LogP contribution is 2.29. The minimum atomic E-state index is -0.179. The van der Waals surface area contributed by atoms with Gasteiger partial charge in [-0.1, -0.05) is 30.3 Å². The molecule has 1 saturated heterocycles. The Morgan fingerprint density at radius 1 is 1.10 bits per heavy atom.